The monoisotopic (exact) mass is 601 g/mol. The minimum absolute atomic E-state index is 0.0324. The molecule has 0 spiro atoms. The number of benzene rings is 7. The molecule has 1 aliphatic rings. The third-order valence-electron chi connectivity index (χ3n) is 10.3. The van der Waals surface area contributed by atoms with E-state index in [1.54, 1.807) is 0 Å². The summed E-state index contributed by atoms with van der Waals surface area (Å²) in [5.74, 6) is 0.140. The zero-order valence-electron chi connectivity index (χ0n) is 26.7. The number of para-hydroxylation sites is 2. The lowest BCUT2D eigenvalue weighted by Gasteiger charge is -2.24. The summed E-state index contributed by atoms with van der Waals surface area (Å²) in [6.45, 7) is 4.73. The molecule has 9 rings (SSSR count). The van der Waals surface area contributed by atoms with Gasteiger partial charge in [0.05, 0.1) is 11.0 Å². The summed E-state index contributed by atoms with van der Waals surface area (Å²) in [5, 5.41) is 2.55. The summed E-state index contributed by atoms with van der Waals surface area (Å²) < 4.78 is 2.37. The highest BCUT2D eigenvalue weighted by molar-refractivity contribution is 6.10. The smallest absolute Gasteiger partial charge is 0.0541 e. The number of hydrogen-bond donors (Lipinski definition) is 0. The van der Waals surface area contributed by atoms with Crippen LogP contribution in [-0.2, 0) is 5.41 Å². The van der Waals surface area contributed by atoms with Gasteiger partial charge in [-0.2, -0.15) is 0 Å². The van der Waals surface area contributed by atoms with E-state index in [0.29, 0.717) is 0 Å². The SMILES string of the molecule is CC1(C)c2ccccc2-c2ccc(C(c3ccccc3)c3ccc(-c4ccc5c(c4)c4ccccc4n5-c4ccccc4)cc3)cc21. The van der Waals surface area contributed by atoms with Crippen molar-refractivity contribution in [2.24, 2.45) is 0 Å². The van der Waals surface area contributed by atoms with Crippen molar-refractivity contribution in [3.05, 3.63) is 198 Å². The summed E-state index contributed by atoms with van der Waals surface area (Å²) in [6.07, 6.45) is 0. The zero-order chi connectivity index (χ0) is 31.5. The molecule has 0 radical (unpaired) electrons. The minimum atomic E-state index is -0.0324. The van der Waals surface area contributed by atoms with Crippen LogP contribution in [0.2, 0.25) is 0 Å². The molecule has 1 unspecified atom stereocenters. The summed E-state index contributed by atoms with van der Waals surface area (Å²) >= 11 is 0. The van der Waals surface area contributed by atoms with E-state index in [9.17, 15) is 0 Å². The molecule has 47 heavy (non-hydrogen) atoms. The first-order valence-electron chi connectivity index (χ1n) is 16.6. The predicted molar refractivity (Wildman–Crippen MR) is 198 cm³/mol. The second-order valence-electron chi connectivity index (χ2n) is 13.4. The van der Waals surface area contributed by atoms with Gasteiger partial charge < -0.3 is 4.57 Å². The van der Waals surface area contributed by atoms with Gasteiger partial charge in [-0.05, 0) is 80.4 Å². The molecule has 1 heteroatoms. The lowest BCUT2D eigenvalue weighted by Crippen LogP contribution is -2.15. The number of aromatic nitrogens is 1. The highest BCUT2D eigenvalue weighted by Crippen LogP contribution is 2.50. The molecule has 0 bridgehead atoms. The highest BCUT2D eigenvalue weighted by Gasteiger charge is 2.35. The molecule has 8 aromatic rings. The minimum Gasteiger partial charge on any atom is -0.309 e. The Morgan fingerprint density at radius 1 is 0.426 bits per heavy atom. The second kappa shape index (κ2) is 10.7. The third-order valence-corrected chi connectivity index (χ3v) is 10.3. The van der Waals surface area contributed by atoms with Gasteiger partial charge in [-0.15, -0.1) is 0 Å². The Labute approximate surface area is 276 Å². The maximum absolute atomic E-state index is 2.47. The van der Waals surface area contributed by atoms with Gasteiger partial charge in [0.25, 0.3) is 0 Å². The lowest BCUT2D eigenvalue weighted by molar-refractivity contribution is 0.659. The number of rotatable bonds is 5. The summed E-state index contributed by atoms with van der Waals surface area (Å²) in [6, 6.07) is 62.6. The predicted octanol–water partition coefficient (Wildman–Crippen LogP) is 11.9. The fraction of sp³-hybridized carbons (Fsp3) is 0.0870. The van der Waals surface area contributed by atoms with Crippen molar-refractivity contribution >= 4 is 21.8 Å². The van der Waals surface area contributed by atoms with Crippen molar-refractivity contribution in [3.63, 3.8) is 0 Å². The summed E-state index contributed by atoms with van der Waals surface area (Å²) in [4.78, 5) is 0. The first-order chi connectivity index (χ1) is 23.1. The van der Waals surface area contributed by atoms with Crippen molar-refractivity contribution in [1.82, 2.24) is 4.57 Å². The molecule has 1 aromatic heterocycles. The van der Waals surface area contributed by atoms with Gasteiger partial charge in [0.15, 0.2) is 0 Å². The Morgan fingerprint density at radius 2 is 1.02 bits per heavy atom. The van der Waals surface area contributed by atoms with Crippen molar-refractivity contribution in [1.29, 1.82) is 0 Å². The Morgan fingerprint density at radius 3 is 1.83 bits per heavy atom. The second-order valence-corrected chi connectivity index (χ2v) is 13.4. The molecule has 0 saturated heterocycles. The van der Waals surface area contributed by atoms with Crippen LogP contribution in [0.3, 0.4) is 0 Å². The Bertz CT molecular complexity index is 2410. The van der Waals surface area contributed by atoms with Gasteiger partial charge in [0, 0.05) is 27.8 Å². The van der Waals surface area contributed by atoms with Crippen molar-refractivity contribution < 1.29 is 0 Å². The fourth-order valence-electron chi connectivity index (χ4n) is 8.00. The van der Waals surface area contributed by atoms with Gasteiger partial charge in [0.1, 0.15) is 0 Å². The summed E-state index contributed by atoms with van der Waals surface area (Å²) in [7, 11) is 0. The molecular formula is C46H35N. The fourth-order valence-corrected chi connectivity index (χ4v) is 8.00. The Kier molecular flexibility index (Phi) is 6.30. The number of hydrogen-bond acceptors (Lipinski definition) is 0. The Hall–Kier alpha value is -5.66. The van der Waals surface area contributed by atoms with Crippen molar-refractivity contribution in [2.45, 2.75) is 25.2 Å². The van der Waals surface area contributed by atoms with E-state index in [1.165, 1.54) is 77.6 Å². The molecule has 1 atom stereocenters. The van der Waals surface area contributed by atoms with Crippen LogP contribution in [0.15, 0.2) is 170 Å². The van der Waals surface area contributed by atoms with Gasteiger partial charge in [-0.1, -0.05) is 153 Å². The van der Waals surface area contributed by atoms with E-state index in [4.69, 9.17) is 0 Å². The molecule has 224 valence electrons. The summed E-state index contributed by atoms with van der Waals surface area (Å²) in [5.41, 5.74) is 15.6. The molecule has 0 fully saturated rings. The van der Waals surface area contributed by atoms with Crippen LogP contribution in [0, 0.1) is 0 Å². The van der Waals surface area contributed by atoms with Gasteiger partial charge in [-0.25, -0.2) is 0 Å². The normalized spacial score (nSPS) is 13.8. The van der Waals surface area contributed by atoms with E-state index in [-0.39, 0.29) is 11.3 Å². The average molecular weight is 602 g/mol. The van der Waals surface area contributed by atoms with Crippen LogP contribution in [0.5, 0.6) is 0 Å². The molecule has 0 saturated carbocycles. The van der Waals surface area contributed by atoms with Crippen LogP contribution in [-0.4, -0.2) is 4.57 Å². The zero-order valence-corrected chi connectivity index (χ0v) is 26.7. The number of nitrogens with zero attached hydrogens (tertiary/aromatic N) is 1. The van der Waals surface area contributed by atoms with E-state index >= 15 is 0 Å². The van der Waals surface area contributed by atoms with Crippen LogP contribution in [0.1, 0.15) is 47.6 Å². The number of fused-ring (bicyclic) bond motifs is 6. The first-order valence-corrected chi connectivity index (χ1v) is 16.6. The molecule has 0 aliphatic heterocycles. The molecule has 1 heterocycles. The first kappa shape index (κ1) is 27.6. The molecule has 0 N–H and O–H groups in total. The maximum atomic E-state index is 2.47. The molecule has 1 aliphatic carbocycles. The molecule has 7 aromatic carbocycles. The van der Waals surface area contributed by atoms with Crippen LogP contribution >= 0.6 is 0 Å². The van der Waals surface area contributed by atoms with E-state index in [2.05, 4.69) is 188 Å². The van der Waals surface area contributed by atoms with E-state index in [1.807, 2.05) is 0 Å². The van der Waals surface area contributed by atoms with Crippen LogP contribution in [0.25, 0.3) is 49.7 Å². The molecule has 0 amide bonds. The maximum Gasteiger partial charge on any atom is 0.0541 e. The van der Waals surface area contributed by atoms with Crippen molar-refractivity contribution in [3.8, 4) is 27.9 Å². The van der Waals surface area contributed by atoms with Gasteiger partial charge in [-0.3, -0.25) is 0 Å². The highest BCUT2D eigenvalue weighted by atomic mass is 15.0. The Balaban J connectivity index is 1.13. The van der Waals surface area contributed by atoms with Gasteiger partial charge >= 0.3 is 0 Å². The topological polar surface area (TPSA) is 4.93 Å². The quantitative estimate of drug-likeness (QED) is 0.173. The largest absolute Gasteiger partial charge is 0.309 e. The van der Waals surface area contributed by atoms with Crippen LogP contribution < -0.4 is 0 Å². The lowest BCUT2D eigenvalue weighted by atomic mass is 9.79. The molecular weight excluding hydrogens is 567 g/mol. The van der Waals surface area contributed by atoms with Crippen molar-refractivity contribution in [2.75, 3.05) is 0 Å². The van der Waals surface area contributed by atoms with Crippen LogP contribution in [0.4, 0.5) is 0 Å². The standard InChI is InChI=1S/C46H35N/c1-46(2)41-19-11-9-17-37(41)38-27-25-35(30-42(38)46)45(32-13-5-3-6-14-32)33-23-21-31(22-24-33)34-26-28-44-40(29-34)39-18-10-12-20-43(39)47(44)36-15-7-4-8-16-36/h3-30,45H,1-2H3. The average Bonchev–Trinajstić information content (AvgIpc) is 3.58. The molecule has 1 nitrogen and oxygen atoms in total. The van der Waals surface area contributed by atoms with Gasteiger partial charge in [0.2, 0.25) is 0 Å². The third kappa shape index (κ3) is 4.38. The van der Waals surface area contributed by atoms with E-state index in [0.717, 1.165) is 0 Å². The van der Waals surface area contributed by atoms with E-state index < -0.39 is 0 Å².